The number of rotatable bonds is 5. The maximum Gasteiger partial charge on any atom is 0.251 e. The van der Waals surface area contributed by atoms with Gasteiger partial charge in [0.1, 0.15) is 11.0 Å². The number of nitrogens with zero attached hydrogens (tertiary/aromatic N) is 4. The summed E-state index contributed by atoms with van der Waals surface area (Å²) in [7, 11) is 1.91. The lowest BCUT2D eigenvalue weighted by atomic mass is 10.2. The van der Waals surface area contributed by atoms with Gasteiger partial charge >= 0.3 is 0 Å². The molecule has 0 aliphatic heterocycles. The van der Waals surface area contributed by atoms with E-state index < -0.39 is 0 Å². The van der Waals surface area contributed by atoms with Crippen molar-refractivity contribution in [1.82, 2.24) is 23.8 Å². The van der Waals surface area contributed by atoms with Crippen LogP contribution in [0.4, 0.5) is 0 Å². The molecule has 25 heavy (non-hydrogen) atoms. The average molecular weight is 369 g/mol. The molecule has 0 saturated carbocycles. The molecule has 0 atom stereocenters. The quantitative estimate of drug-likeness (QED) is 0.587. The van der Waals surface area contributed by atoms with Crippen LogP contribution in [0, 0.1) is 0 Å². The van der Waals surface area contributed by atoms with Crippen molar-refractivity contribution in [2.45, 2.75) is 6.42 Å². The maximum atomic E-state index is 12.3. The summed E-state index contributed by atoms with van der Waals surface area (Å²) in [5.74, 6) is -0.0843. The molecule has 0 bridgehead atoms. The molecule has 0 unspecified atom stereocenters. The zero-order chi connectivity index (χ0) is 17.2. The molecule has 6 nitrogen and oxygen atoms in total. The van der Waals surface area contributed by atoms with Gasteiger partial charge < -0.3 is 5.32 Å². The van der Waals surface area contributed by atoms with Crippen LogP contribution < -0.4 is 5.32 Å². The number of nitrogens with one attached hydrogen (secondary N) is 1. The molecule has 0 fully saturated rings. The predicted octanol–water partition coefficient (Wildman–Crippen LogP) is 3.13. The van der Waals surface area contributed by atoms with E-state index >= 15 is 0 Å². The predicted molar refractivity (Wildman–Crippen MR) is 100.0 cm³/mol. The molecule has 8 heteroatoms. The van der Waals surface area contributed by atoms with E-state index in [1.807, 2.05) is 25.5 Å². The summed E-state index contributed by atoms with van der Waals surface area (Å²) >= 11 is 2.88. The van der Waals surface area contributed by atoms with Crippen molar-refractivity contribution in [2.24, 2.45) is 7.05 Å². The molecular formula is C17H15N5OS2. The highest BCUT2D eigenvalue weighted by Crippen LogP contribution is 2.27. The number of hydrogen-bond donors (Lipinski definition) is 1. The summed E-state index contributed by atoms with van der Waals surface area (Å²) in [5.41, 5.74) is 3.32. The van der Waals surface area contributed by atoms with E-state index in [0.717, 1.165) is 34.7 Å². The van der Waals surface area contributed by atoms with Crippen molar-refractivity contribution in [3.05, 3.63) is 53.2 Å². The van der Waals surface area contributed by atoms with Gasteiger partial charge in [-0.2, -0.15) is 13.8 Å². The second-order valence-corrected chi connectivity index (χ2v) is 7.34. The minimum atomic E-state index is -0.0843. The van der Waals surface area contributed by atoms with Crippen LogP contribution in [0.5, 0.6) is 0 Å². The Balaban J connectivity index is 1.35. The standard InChI is InChI=1S/C17H15N5OS2/c1-22-10-12(9-19-22)16-5-3-13(24-16)6-7-18-17(23)11-2-4-14-15(8-11)21-25-20-14/h2-5,8-10H,6-7H2,1H3,(H,18,23). The lowest BCUT2D eigenvalue weighted by Gasteiger charge is -2.04. The average Bonchev–Trinajstić information content (AvgIpc) is 3.33. The van der Waals surface area contributed by atoms with Gasteiger partial charge in [0.25, 0.3) is 5.91 Å². The van der Waals surface area contributed by atoms with E-state index in [1.165, 1.54) is 9.75 Å². The number of carbonyl (C=O) groups is 1. The van der Waals surface area contributed by atoms with Crippen LogP contribution in [0.1, 0.15) is 15.2 Å². The summed E-state index contributed by atoms with van der Waals surface area (Å²) in [6, 6.07) is 9.59. The number of hydrogen-bond acceptors (Lipinski definition) is 6. The Kier molecular flexibility index (Phi) is 4.29. The summed E-state index contributed by atoms with van der Waals surface area (Å²) in [4.78, 5) is 14.7. The van der Waals surface area contributed by atoms with Crippen LogP contribution in [0.3, 0.4) is 0 Å². The van der Waals surface area contributed by atoms with Crippen LogP contribution in [0.25, 0.3) is 21.5 Å². The van der Waals surface area contributed by atoms with Crippen LogP contribution in [-0.4, -0.2) is 31.0 Å². The van der Waals surface area contributed by atoms with Gasteiger partial charge in [-0.1, -0.05) is 0 Å². The minimum absolute atomic E-state index is 0.0843. The lowest BCUT2D eigenvalue weighted by Crippen LogP contribution is -2.25. The van der Waals surface area contributed by atoms with Crippen LogP contribution in [-0.2, 0) is 13.5 Å². The first-order chi connectivity index (χ1) is 12.2. The Morgan fingerprint density at radius 1 is 1.20 bits per heavy atom. The van der Waals surface area contributed by atoms with Crippen molar-refractivity contribution in [1.29, 1.82) is 0 Å². The third-order valence-electron chi connectivity index (χ3n) is 3.82. The second kappa shape index (κ2) is 6.73. The van der Waals surface area contributed by atoms with E-state index in [2.05, 4.69) is 31.3 Å². The smallest absolute Gasteiger partial charge is 0.251 e. The number of aromatic nitrogens is 4. The summed E-state index contributed by atoms with van der Waals surface area (Å²) < 4.78 is 10.1. The molecule has 3 heterocycles. The number of thiophene rings is 1. The number of amides is 1. The van der Waals surface area contributed by atoms with Gasteiger partial charge in [-0.25, -0.2) is 0 Å². The van der Waals surface area contributed by atoms with Crippen LogP contribution >= 0.6 is 23.1 Å². The van der Waals surface area contributed by atoms with E-state index in [9.17, 15) is 4.79 Å². The van der Waals surface area contributed by atoms with Crippen molar-refractivity contribution >= 4 is 40.0 Å². The zero-order valence-corrected chi connectivity index (χ0v) is 15.1. The van der Waals surface area contributed by atoms with E-state index in [0.29, 0.717) is 12.1 Å². The third kappa shape index (κ3) is 3.45. The van der Waals surface area contributed by atoms with Gasteiger partial charge in [0.05, 0.1) is 17.9 Å². The number of fused-ring (bicyclic) bond motifs is 1. The molecule has 0 aliphatic carbocycles. The summed E-state index contributed by atoms with van der Waals surface area (Å²) in [6.45, 7) is 0.596. The molecule has 0 spiro atoms. The fourth-order valence-electron chi connectivity index (χ4n) is 2.54. The molecule has 1 N–H and O–H groups in total. The molecule has 4 rings (SSSR count). The largest absolute Gasteiger partial charge is 0.352 e. The maximum absolute atomic E-state index is 12.3. The molecule has 0 radical (unpaired) electrons. The van der Waals surface area contributed by atoms with Crippen LogP contribution in [0.15, 0.2) is 42.7 Å². The second-order valence-electron chi connectivity index (χ2n) is 5.64. The van der Waals surface area contributed by atoms with Gasteiger partial charge in [0, 0.05) is 40.7 Å². The van der Waals surface area contributed by atoms with Gasteiger partial charge in [-0.3, -0.25) is 9.48 Å². The first-order valence-corrected chi connectivity index (χ1v) is 9.32. The Morgan fingerprint density at radius 2 is 2.08 bits per heavy atom. The van der Waals surface area contributed by atoms with E-state index in [4.69, 9.17) is 0 Å². The van der Waals surface area contributed by atoms with Gasteiger partial charge in [-0.15, -0.1) is 11.3 Å². The number of benzene rings is 1. The first-order valence-electron chi connectivity index (χ1n) is 7.77. The fourth-order valence-corrected chi connectivity index (χ4v) is 4.04. The van der Waals surface area contributed by atoms with Crippen molar-refractivity contribution in [2.75, 3.05) is 6.54 Å². The van der Waals surface area contributed by atoms with E-state index in [-0.39, 0.29) is 5.91 Å². The number of aryl methyl sites for hydroxylation is 1. The monoisotopic (exact) mass is 369 g/mol. The molecular weight excluding hydrogens is 354 g/mol. The zero-order valence-electron chi connectivity index (χ0n) is 13.5. The SMILES string of the molecule is Cn1cc(-c2ccc(CCNC(=O)c3ccc4nsnc4c3)s2)cn1. The lowest BCUT2D eigenvalue weighted by molar-refractivity contribution is 0.0954. The molecule has 1 aromatic carbocycles. The Morgan fingerprint density at radius 3 is 2.92 bits per heavy atom. The Hall–Kier alpha value is -2.58. The minimum Gasteiger partial charge on any atom is -0.352 e. The van der Waals surface area contributed by atoms with Gasteiger partial charge in [0.15, 0.2) is 0 Å². The fraction of sp³-hybridized carbons (Fsp3) is 0.176. The summed E-state index contributed by atoms with van der Waals surface area (Å²) in [6.07, 6.45) is 4.67. The summed E-state index contributed by atoms with van der Waals surface area (Å²) in [5, 5.41) is 7.16. The van der Waals surface area contributed by atoms with Crippen molar-refractivity contribution in [3.8, 4) is 10.4 Å². The Bertz CT molecular complexity index is 1030. The molecule has 3 aromatic heterocycles. The number of carbonyl (C=O) groups excluding carboxylic acids is 1. The third-order valence-corrected chi connectivity index (χ3v) is 5.57. The normalized spacial score (nSPS) is 11.1. The molecule has 126 valence electrons. The van der Waals surface area contributed by atoms with Crippen LogP contribution in [0.2, 0.25) is 0 Å². The molecule has 0 aliphatic rings. The molecule has 0 saturated heterocycles. The highest BCUT2D eigenvalue weighted by atomic mass is 32.1. The highest BCUT2D eigenvalue weighted by Gasteiger charge is 2.09. The molecule has 1 amide bonds. The van der Waals surface area contributed by atoms with Crippen molar-refractivity contribution in [3.63, 3.8) is 0 Å². The van der Waals surface area contributed by atoms with Gasteiger partial charge in [-0.05, 0) is 36.8 Å². The topological polar surface area (TPSA) is 72.7 Å². The highest BCUT2D eigenvalue weighted by molar-refractivity contribution is 7.15. The Labute approximate surface area is 152 Å². The molecule has 4 aromatic rings. The van der Waals surface area contributed by atoms with Gasteiger partial charge in [0.2, 0.25) is 0 Å². The first kappa shape index (κ1) is 15.9. The van der Waals surface area contributed by atoms with Crippen molar-refractivity contribution < 1.29 is 4.79 Å². The van der Waals surface area contributed by atoms with E-state index in [1.54, 1.807) is 28.2 Å².